The molecule has 27 heavy (non-hydrogen) atoms. The van der Waals surface area contributed by atoms with Crippen molar-refractivity contribution in [2.45, 2.75) is 32.2 Å². The zero-order chi connectivity index (χ0) is 18.8. The van der Waals surface area contributed by atoms with Crippen molar-refractivity contribution in [2.75, 3.05) is 25.0 Å². The maximum atomic E-state index is 12.2. The van der Waals surface area contributed by atoms with Crippen LogP contribution in [0.4, 0.5) is 5.82 Å². The lowest BCUT2D eigenvalue weighted by Crippen LogP contribution is -2.39. The van der Waals surface area contributed by atoms with Crippen LogP contribution in [-0.2, 0) is 4.79 Å². The van der Waals surface area contributed by atoms with Gasteiger partial charge < -0.3 is 9.80 Å². The molecule has 0 saturated carbocycles. The molecule has 7 nitrogen and oxygen atoms in total. The molecule has 0 radical (unpaired) electrons. The summed E-state index contributed by atoms with van der Waals surface area (Å²) in [6.45, 7) is 3.74. The van der Waals surface area contributed by atoms with E-state index in [-0.39, 0.29) is 11.9 Å². The topological polar surface area (TPSA) is 66.6 Å². The highest BCUT2D eigenvalue weighted by Gasteiger charge is 2.29. The van der Waals surface area contributed by atoms with Gasteiger partial charge in [-0.05, 0) is 31.0 Å². The molecule has 3 aromatic heterocycles. The number of anilines is 1. The molecule has 1 amide bonds. The quantitative estimate of drug-likeness (QED) is 0.696. The number of fused-ring (bicyclic) bond motifs is 1. The van der Waals surface area contributed by atoms with Crippen molar-refractivity contribution in [2.24, 2.45) is 0 Å². The molecule has 1 atom stereocenters. The molecule has 0 aromatic carbocycles. The molecule has 4 rings (SSSR count). The molecule has 1 fully saturated rings. The Hall–Kier alpha value is -2.96. The zero-order valence-corrected chi connectivity index (χ0v) is 15.7. The van der Waals surface area contributed by atoms with Gasteiger partial charge in [0.15, 0.2) is 5.65 Å². The number of likely N-dealkylation sites (N-methyl/N-ethyl adjacent to an activating group) is 1. The van der Waals surface area contributed by atoms with Gasteiger partial charge >= 0.3 is 0 Å². The second kappa shape index (κ2) is 7.34. The van der Waals surface area contributed by atoms with Gasteiger partial charge in [-0.3, -0.25) is 9.78 Å². The zero-order valence-electron chi connectivity index (χ0n) is 15.7. The van der Waals surface area contributed by atoms with Gasteiger partial charge in [-0.1, -0.05) is 13.0 Å². The third kappa shape index (κ3) is 3.37. The Labute approximate surface area is 158 Å². The second-order valence-corrected chi connectivity index (χ2v) is 6.97. The Morgan fingerprint density at radius 3 is 3.00 bits per heavy atom. The van der Waals surface area contributed by atoms with Gasteiger partial charge in [0.1, 0.15) is 5.82 Å². The van der Waals surface area contributed by atoms with Crippen LogP contribution in [0.25, 0.3) is 16.9 Å². The SMILES string of the molecule is CCCC(=O)N(C)[C@H]1CCN(c2ccn3ncc(-c4ccccn4)c3n2)C1. The van der Waals surface area contributed by atoms with Gasteiger partial charge in [0.2, 0.25) is 5.91 Å². The van der Waals surface area contributed by atoms with Crippen LogP contribution in [0.5, 0.6) is 0 Å². The van der Waals surface area contributed by atoms with E-state index in [0.717, 1.165) is 48.7 Å². The van der Waals surface area contributed by atoms with Crippen LogP contribution in [0, 0.1) is 0 Å². The molecule has 0 spiro atoms. The fourth-order valence-electron chi connectivity index (χ4n) is 3.60. The van der Waals surface area contributed by atoms with Crippen LogP contribution < -0.4 is 4.90 Å². The monoisotopic (exact) mass is 364 g/mol. The Balaban J connectivity index is 1.57. The van der Waals surface area contributed by atoms with Crippen molar-refractivity contribution in [1.29, 1.82) is 0 Å². The maximum absolute atomic E-state index is 12.2. The molecule has 4 heterocycles. The van der Waals surface area contributed by atoms with Crippen molar-refractivity contribution in [3.63, 3.8) is 0 Å². The Kier molecular flexibility index (Phi) is 4.75. The van der Waals surface area contributed by atoms with Crippen LogP contribution in [-0.4, -0.2) is 56.6 Å². The fourth-order valence-corrected chi connectivity index (χ4v) is 3.60. The van der Waals surface area contributed by atoms with Crippen molar-refractivity contribution in [3.8, 4) is 11.3 Å². The highest BCUT2D eigenvalue weighted by Crippen LogP contribution is 2.25. The first-order chi connectivity index (χ1) is 13.2. The van der Waals surface area contributed by atoms with E-state index in [1.165, 1.54) is 0 Å². The lowest BCUT2D eigenvalue weighted by molar-refractivity contribution is -0.131. The summed E-state index contributed by atoms with van der Waals surface area (Å²) in [6.07, 6.45) is 7.97. The third-order valence-electron chi connectivity index (χ3n) is 5.19. The van der Waals surface area contributed by atoms with Gasteiger partial charge in [-0.25, -0.2) is 9.50 Å². The molecule has 0 N–H and O–H groups in total. The summed E-state index contributed by atoms with van der Waals surface area (Å²) in [5, 5.41) is 4.39. The van der Waals surface area contributed by atoms with Gasteiger partial charge in [0.25, 0.3) is 0 Å². The molecule has 0 aliphatic carbocycles. The number of nitrogens with zero attached hydrogens (tertiary/aromatic N) is 6. The number of pyridine rings is 1. The maximum Gasteiger partial charge on any atom is 0.222 e. The van der Waals surface area contributed by atoms with Crippen molar-refractivity contribution in [1.82, 2.24) is 24.5 Å². The van der Waals surface area contributed by atoms with E-state index >= 15 is 0 Å². The Bertz CT molecular complexity index is 938. The molecular formula is C20H24N6O. The van der Waals surface area contributed by atoms with E-state index in [4.69, 9.17) is 4.98 Å². The van der Waals surface area contributed by atoms with E-state index in [1.54, 1.807) is 16.9 Å². The first-order valence-corrected chi connectivity index (χ1v) is 9.43. The van der Waals surface area contributed by atoms with Gasteiger partial charge in [0, 0.05) is 39.0 Å². The molecule has 1 saturated heterocycles. The smallest absolute Gasteiger partial charge is 0.222 e. The second-order valence-electron chi connectivity index (χ2n) is 6.97. The molecule has 3 aromatic rings. The van der Waals surface area contributed by atoms with E-state index in [0.29, 0.717) is 6.42 Å². The van der Waals surface area contributed by atoms with Crippen molar-refractivity contribution >= 4 is 17.4 Å². The predicted octanol–water partition coefficient (Wildman–Crippen LogP) is 2.63. The summed E-state index contributed by atoms with van der Waals surface area (Å²) < 4.78 is 1.78. The average molecular weight is 364 g/mol. The molecule has 0 unspecified atom stereocenters. The van der Waals surface area contributed by atoms with Crippen LogP contribution in [0.1, 0.15) is 26.2 Å². The standard InChI is InChI=1S/C20H24N6O/c1-3-6-19(27)24(2)15-8-11-25(14-15)18-9-12-26-20(23-18)16(13-22-26)17-7-4-5-10-21-17/h4-5,7,9-10,12-13,15H,3,6,8,11,14H2,1-2H3/t15-/m0/s1. The number of aromatic nitrogens is 4. The molecule has 140 valence electrons. The summed E-state index contributed by atoms with van der Waals surface area (Å²) >= 11 is 0. The molecule has 1 aliphatic heterocycles. The number of carbonyl (C=O) groups excluding carboxylic acids is 1. The van der Waals surface area contributed by atoms with Crippen molar-refractivity contribution < 1.29 is 4.79 Å². The minimum absolute atomic E-state index is 0.223. The Morgan fingerprint density at radius 1 is 1.33 bits per heavy atom. The van der Waals surface area contributed by atoms with E-state index in [1.807, 2.05) is 49.3 Å². The summed E-state index contributed by atoms with van der Waals surface area (Å²) in [4.78, 5) is 25.6. The minimum Gasteiger partial charge on any atom is -0.354 e. The predicted molar refractivity (Wildman–Crippen MR) is 105 cm³/mol. The summed E-state index contributed by atoms with van der Waals surface area (Å²) in [5.74, 6) is 1.14. The largest absolute Gasteiger partial charge is 0.354 e. The number of carbonyl (C=O) groups is 1. The number of hydrogen-bond acceptors (Lipinski definition) is 5. The highest BCUT2D eigenvalue weighted by atomic mass is 16.2. The van der Waals surface area contributed by atoms with Crippen molar-refractivity contribution in [3.05, 3.63) is 42.9 Å². The van der Waals surface area contributed by atoms with Crippen LogP contribution in [0.3, 0.4) is 0 Å². The lowest BCUT2D eigenvalue weighted by atomic mass is 10.2. The Morgan fingerprint density at radius 2 is 2.22 bits per heavy atom. The molecular weight excluding hydrogens is 340 g/mol. The highest BCUT2D eigenvalue weighted by molar-refractivity contribution is 5.76. The molecule has 1 aliphatic rings. The number of amides is 1. The average Bonchev–Trinajstić information content (AvgIpc) is 3.35. The molecule has 7 heteroatoms. The minimum atomic E-state index is 0.223. The number of rotatable bonds is 5. The first-order valence-electron chi connectivity index (χ1n) is 9.43. The van der Waals surface area contributed by atoms with Crippen LogP contribution in [0.15, 0.2) is 42.9 Å². The lowest BCUT2D eigenvalue weighted by Gasteiger charge is -2.25. The van der Waals surface area contributed by atoms with Gasteiger partial charge in [0.05, 0.1) is 23.5 Å². The van der Waals surface area contributed by atoms with Gasteiger partial charge in [-0.15, -0.1) is 0 Å². The normalized spacial score (nSPS) is 16.8. The van der Waals surface area contributed by atoms with E-state index < -0.39 is 0 Å². The summed E-state index contributed by atoms with van der Waals surface area (Å²) in [7, 11) is 1.92. The number of hydrogen-bond donors (Lipinski definition) is 0. The summed E-state index contributed by atoms with van der Waals surface area (Å²) in [6, 6.07) is 8.05. The summed E-state index contributed by atoms with van der Waals surface area (Å²) in [5.41, 5.74) is 2.58. The van der Waals surface area contributed by atoms with Crippen LogP contribution in [0.2, 0.25) is 0 Å². The molecule has 0 bridgehead atoms. The van der Waals surface area contributed by atoms with Crippen LogP contribution >= 0.6 is 0 Å². The van der Waals surface area contributed by atoms with Gasteiger partial charge in [-0.2, -0.15) is 5.10 Å². The third-order valence-corrected chi connectivity index (χ3v) is 5.19. The van der Waals surface area contributed by atoms with E-state index in [2.05, 4.69) is 15.0 Å². The first kappa shape index (κ1) is 17.5. The fraction of sp³-hybridized carbons (Fsp3) is 0.400. The van der Waals surface area contributed by atoms with E-state index in [9.17, 15) is 4.79 Å².